The molecule has 4 aliphatic rings. The Labute approximate surface area is 186 Å². The Bertz CT molecular complexity index is 805. The van der Waals surface area contributed by atoms with E-state index in [4.69, 9.17) is 4.74 Å². The lowest BCUT2D eigenvalue weighted by Crippen LogP contribution is -2.54. The number of ether oxygens (including phenoxy) is 1. The summed E-state index contributed by atoms with van der Waals surface area (Å²) in [5, 5.41) is 10.4. The molecule has 0 aromatic heterocycles. The van der Waals surface area contributed by atoms with Gasteiger partial charge in [0.05, 0.1) is 6.61 Å². The van der Waals surface area contributed by atoms with Gasteiger partial charge in [0.15, 0.2) is 0 Å². The molecule has 1 spiro atoms. The van der Waals surface area contributed by atoms with Gasteiger partial charge < -0.3 is 24.4 Å². The zero-order valence-corrected chi connectivity index (χ0v) is 19.0. The number of amides is 1. The predicted molar refractivity (Wildman–Crippen MR) is 122 cm³/mol. The van der Waals surface area contributed by atoms with Crippen LogP contribution in [0.5, 0.6) is 0 Å². The van der Waals surface area contributed by atoms with Gasteiger partial charge >= 0.3 is 13.1 Å². The van der Waals surface area contributed by atoms with Gasteiger partial charge in [0, 0.05) is 31.7 Å². The fourth-order valence-electron chi connectivity index (χ4n) is 6.77. The number of hydrogen-bond donors (Lipinski definition) is 1. The Morgan fingerprint density at radius 3 is 2.68 bits per heavy atom. The van der Waals surface area contributed by atoms with Gasteiger partial charge in [-0.1, -0.05) is 24.3 Å². The summed E-state index contributed by atoms with van der Waals surface area (Å²) in [6.07, 6.45) is 5.82. The number of benzene rings is 1. The Morgan fingerprint density at radius 2 is 1.97 bits per heavy atom. The van der Waals surface area contributed by atoms with Crippen LogP contribution < -0.4 is 0 Å². The third-order valence-electron chi connectivity index (χ3n) is 8.40. The van der Waals surface area contributed by atoms with Gasteiger partial charge in [-0.05, 0) is 81.4 Å². The summed E-state index contributed by atoms with van der Waals surface area (Å²) in [5.74, 6) is 0.606. The highest BCUT2D eigenvalue weighted by molar-refractivity contribution is 6.45. The summed E-state index contributed by atoms with van der Waals surface area (Å²) in [5.41, 5.74) is 3.14. The minimum Gasteiger partial charge on any atom is -0.450 e. The van der Waals surface area contributed by atoms with E-state index in [0.717, 1.165) is 39.1 Å². The molecule has 0 bridgehead atoms. The lowest BCUT2D eigenvalue weighted by Gasteiger charge is -2.52. The van der Waals surface area contributed by atoms with E-state index in [2.05, 4.69) is 34.0 Å². The average molecular weight is 425 g/mol. The first kappa shape index (κ1) is 21.3. The van der Waals surface area contributed by atoms with Crippen LogP contribution in [0.2, 0.25) is 6.82 Å². The van der Waals surface area contributed by atoms with Crippen LogP contribution in [0, 0.1) is 11.3 Å². The van der Waals surface area contributed by atoms with Gasteiger partial charge in [-0.25, -0.2) is 4.79 Å². The molecule has 5 rings (SSSR count). The second kappa shape index (κ2) is 8.41. The molecule has 168 valence electrons. The topological polar surface area (TPSA) is 56.2 Å². The summed E-state index contributed by atoms with van der Waals surface area (Å²) < 4.78 is 5.20. The maximum Gasteiger partial charge on any atom is 0.409 e. The van der Waals surface area contributed by atoms with Gasteiger partial charge in [0.1, 0.15) is 0 Å². The van der Waals surface area contributed by atoms with Crippen molar-refractivity contribution in [2.75, 3.05) is 32.8 Å². The van der Waals surface area contributed by atoms with Gasteiger partial charge in [0.2, 0.25) is 0 Å². The number of piperidine rings is 1. The maximum absolute atomic E-state index is 12.1. The lowest BCUT2D eigenvalue weighted by molar-refractivity contribution is -0.0148. The Balaban J connectivity index is 1.16. The quantitative estimate of drug-likeness (QED) is 0.750. The normalized spacial score (nSPS) is 31.6. The number of carbonyl (C=O) groups excluding carboxylic acids is 1. The molecule has 1 aliphatic carbocycles. The van der Waals surface area contributed by atoms with E-state index in [1.54, 1.807) is 0 Å². The third-order valence-corrected chi connectivity index (χ3v) is 8.40. The third kappa shape index (κ3) is 3.89. The van der Waals surface area contributed by atoms with E-state index in [-0.39, 0.29) is 6.09 Å². The van der Waals surface area contributed by atoms with Gasteiger partial charge in [0.25, 0.3) is 0 Å². The largest absolute Gasteiger partial charge is 0.450 e. The van der Waals surface area contributed by atoms with Crippen molar-refractivity contribution in [3.8, 4) is 0 Å². The predicted octanol–water partition coefficient (Wildman–Crippen LogP) is 3.38. The molecule has 1 amide bonds. The molecule has 2 saturated heterocycles. The van der Waals surface area contributed by atoms with Crippen LogP contribution in [0.4, 0.5) is 4.79 Å². The summed E-state index contributed by atoms with van der Waals surface area (Å²) >= 11 is 0. The van der Waals surface area contributed by atoms with Crippen molar-refractivity contribution >= 4 is 13.1 Å². The molecular weight excluding hydrogens is 389 g/mol. The van der Waals surface area contributed by atoms with E-state index in [0.29, 0.717) is 30.0 Å². The molecule has 1 aromatic carbocycles. The van der Waals surface area contributed by atoms with Crippen LogP contribution in [-0.2, 0) is 11.3 Å². The molecule has 6 nitrogen and oxygen atoms in total. The van der Waals surface area contributed by atoms with Crippen molar-refractivity contribution in [1.29, 1.82) is 0 Å². The fourth-order valence-corrected chi connectivity index (χ4v) is 6.77. The molecule has 1 N–H and O–H groups in total. The van der Waals surface area contributed by atoms with Crippen molar-refractivity contribution < 1.29 is 14.6 Å². The van der Waals surface area contributed by atoms with Crippen LogP contribution in [0.1, 0.15) is 56.2 Å². The van der Waals surface area contributed by atoms with Crippen molar-refractivity contribution in [3.05, 3.63) is 35.4 Å². The molecule has 31 heavy (non-hydrogen) atoms. The molecule has 1 saturated carbocycles. The van der Waals surface area contributed by atoms with E-state index < -0.39 is 7.05 Å². The van der Waals surface area contributed by atoms with Crippen molar-refractivity contribution in [2.45, 2.75) is 64.5 Å². The van der Waals surface area contributed by atoms with E-state index >= 15 is 0 Å². The van der Waals surface area contributed by atoms with Crippen molar-refractivity contribution in [3.63, 3.8) is 0 Å². The van der Waals surface area contributed by atoms with Crippen LogP contribution >= 0.6 is 0 Å². The van der Waals surface area contributed by atoms with Gasteiger partial charge in [-0.3, -0.25) is 0 Å². The molecule has 3 aliphatic heterocycles. The van der Waals surface area contributed by atoms with Crippen LogP contribution in [-0.4, -0.2) is 71.6 Å². The number of rotatable bonds is 4. The second-order valence-electron chi connectivity index (χ2n) is 10.3. The Hall–Kier alpha value is -1.57. The SMILES string of the molecule is CCOC(=O)N1CCC2(CC(N3CCC(C4c5ccccc5CN4B(C)O)CC3)C2)C1. The first-order valence-electron chi connectivity index (χ1n) is 12.2. The van der Waals surface area contributed by atoms with Crippen LogP contribution in [0.3, 0.4) is 0 Å². The molecular formula is C24H36BN3O3. The fraction of sp³-hybridized carbons (Fsp3) is 0.708. The minimum atomic E-state index is -0.411. The van der Waals surface area contributed by atoms with E-state index in [9.17, 15) is 9.82 Å². The minimum absolute atomic E-state index is 0.136. The zero-order chi connectivity index (χ0) is 21.6. The van der Waals surface area contributed by atoms with E-state index in [1.807, 2.05) is 18.6 Å². The molecule has 7 heteroatoms. The maximum atomic E-state index is 12.1. The average Bonchev–Trinajstić information content (AvgIpc) is 3.36. The first-order valence-corrected chi connectivity index (χ1v) is 12.2. The highest BCUT2D eigenvalue weighted by Crippen LogP contribution is 2.51. The van der Waals surface area contributed by atoms with Crippen LogP contribution in [0.25, 0.3) is 0 Å². The number of nitrogens with zero attached hydrogens (tertiary/aromatic N) is 3. The lowest BCUT2D eigenvalue weighted by atomic mass is 9.64. The zero-order valence-electron chi connectivity index (χ0n) is 19.0. The standard InChI is InChI=1S/C24H36BN3O3/c1-3-31-23(29)27-13-10-24(17-27)14-20(15-24)26-11-8-18(9-12-26)22-21-7-5-4-6-19(21)16-28(22)25(2)30/h4-7,18,20,22,30H,3,8-17H2,1-2H3. The second-order valence-corrected chi connectivity index (χ2v) is 10.3. The molecule has 1 atom stereocenters. The molecule has 3 fully saturated rings. The van der Waals surface area contributed by atoms with E-state index in [1.165, 1.54) is 36.8 Å². The van der Waals surface area contributed by atoms with Crippen molar-refractivity contribution in [2.24, 2.45) is 11.3 Å². The number of likely N-dealkylation sites (tertiary alicyclic amines) is 2. The number of carbonyl (C=O) groups is 1. The Morgan fingerprint density at radius 1 is 1.23 bits per heavy atom. The summed E-state index contributed by atoms with van der Waals surface area (Å²) in [6.45, 7) is 9.13. The smallest absolute Gasteiger partial charge is 0.409 e. The summed E-state index contributed by atoms with van der Waals surface area (Å²) in [6, 6.07) is 9.75. The summed E-state index contributed by atoms with van der Waals surface area (Å²) in [7, 11) is -0.411. The summed E-state index contributed by atoms with van der Waals surface area (Å²) in [4.78, 5) is 18.9. The monoisotopic (exact) mass is 425 g/mol. The highest BCUT2D eigenvalue weighted by Gasteiger charge is 2.52. The molecule has 1 unspecified atom stereocenters. The number of fused-ring (bicyclic) bond motifs is 1. The first-order chi connectivity index (χ1) is 15.0. The van der Waals surface area contributed by atoms with Gasteiger partial charge in [-0.2, -0.15) is 0 Å². The van der Waals surface area contributed by atoms with Gasteiger partial charge in [-0.15, -0.1) is 0 Å². The number of hydrogen-bond acceptors (Lipinski definition) is 5. The molecule has 3 heterocycles. The Kier molecular flexibility index (Phi) is 5.78. The molecule has 1 aromatic rings. The van der Waals surface area contributed by atoms with Crippen molar-refractivity contribution in [1.82, 2.24) is 14.6 Å². The highest BCUT2D eigenvalue weighted by atomic mass is 16.6. The molecule has 0 radical (unpaired) electrons. The van der Waals surface area contributed by atoms with Crippen LogP contribution in [0.15, 0.2) is 24.3 Å².